The fourth-order valence-electron chi connectivity index (χ4n) is 3.72. The third-order valence-corrected chi connectivity index (χ3v) is 7.79. The molecule has 31 heavy (non-hydrogen) atoms. The lowest BCUT2D eigenvalue weighted by atomic mass is 9.95. The molecule has 0 unspecified atom stereocenters. The minimum atomic E-state index is 0.0255. The van der Waals surface area contributed by atoms with Crippen LogP contribution < -0.4 is 5.32 Å². The summed E-state index contributed by atoms with van der Waals surface area (Å²) in [6.45, 7) is 4.05. The van der Waals surface area contributed by atoms with Gasteiger partial charge >= 0.3 is 0 Å². The Hall–Kier alpha value is -2.38. The number of aromatic nitrogens is 1. The van der Waals surface area contributed by atoms with E-state index >= 15 is 0 Å². The van der Waals surface area contributed by atoms with Gasteiger partial charge in [-0.05, 0) is 49.1 Å². The monoisotopic (exact) mass is 453 g/mol. The summed E-state index contributed by atoms with van der Waals surface area (Å²) < 4.78 is 2.27. The van der Waals surface area contributed by atoms with Crippen LogP contribution in [0.3, 0.4) is 0 Å². The van der Waals surface area contributed by atoms with E-state index in [1.165, 1.54) is 10.3 Å². The largest absolute Gasteiger partial charge is 0.356 e. The summed E-state index contributed by atoms with van der Waals surface area (Å²) >= 11 is 3.44. The Morgan fingerprint density at radius 1 is 1.13 bits per heavy atom. The number of thioether (sulfide) groups is 1. The molecule has 1 fully saturated rings. The highest BCUT2D eigenvalue weighted by atomic mass is 32.2. The first kappa shape index (κ1) is 21.8. The molecule has 0 saturated carbocycles. The van der Waals surface area contributed by atoms with Crippen molar-refractivity contribution in [2.75, 3.05) is 19.6 Å². The zero-order valence-corrected chi connectivity index (χ0v) is 19.3. The Morgan fingerprint density at radius 2 is 1.87 bits per heavy atom. The maximum Gasteiger partial charge on any atom is 0.253 e. The molecule has 2 amide bonds. The summed E-state index contributed by atoms with van der Waals surface area (Å²) in [6, 6.07) is 16.1. The SMILES string of the molecule is CCCNC(=O)C1CCN(C(=O)c2ccc(CSc3nc4ccccc4s3)cc2)CC1. The summed E-state index contributed by atoms with van der Waals surface area (Å²) in [6.07, 6.45) is 2.41. The number of likely N-dealkylation sites (tertiary alicyclic amines) is 1. The maximum atomic E-state index is 12.9. The maximum absolute atomic E-state index is 12.9. The molecule has 1 saturated heterocycles. The molecular weight excluding hydrogens is 426 g/mol. The lowest BCUT2D eigenvalue weighted by Gasteiger charge is -2.31. The molecule has 2 aromatic carbocycles. The lowest BCUT2D eigenvalue weighted by molar-refractivity contribution is -0.126. The van der Waals surface area contributed by atoms with Crippen LogP contribution in [0.15, 0.2) is 52.9 Å². The summed E-state index contributed by atoms with van der Waals surface area (Å²) in [7, 11) is 0. The molecule has 0 spiro atoms. The number of carbonyl (C=O) groups is 2. The van der Waals surface area contributed by atoms with Crippen LogP contribution in [-0.4, -0.2) is 41.3 Å². The van der Waals surface area contributed by atoms with Crippen LogP contribution in [0.25, 0.3) is 10.2 Å². The van der Waals surface area contributed by atoms with Gasteiger partial charge in [-0.1, -0.05) is 43.0 Å². The second kappa shape index (κ2) is 10.3. The molecule has 162 valence electrons. The molecule has 3 aromatic rings. The van der Waals surface area contributed by atoms with Gasteiger partial charge in [0.15, 0.2) is 4.34 Å². The number of rotatable bonds is 7. The topological polar surface area (TPSA) is 62.3 Å². The lowest BCUT2D eigenvalue weighted by Crippen LogP contribution is -2.43. The van der Waals surface area contributed by atoms with Crippen LogP contribution in [0.4, 0.5) is 0 Å². The van der Waals surface area contributed by atoms with Gasteiger partial charge in [0.05, 0.1) is 10.2 Å². The molecule has 0 atom stereocenters. The number of thiazole rings is 1. The Bertz CT molecular complexity index is 1010. The van der Waals surface area contributed by atoms with E-state index in [4.69, 9.17) is 0 Å². The second-order valence-corrected chi connectivity index (χ2v) is 10.0. The second-order valence-electron chi connectivity index (χ2n) is 7.79. The van der Waals surface area contributed by atoms with Crippen molar-refractivity contribution in [3.8, 4) is 0 Å². The van der Waals surface area contributed by atoms with Gasteiger partial charge in [-0.3, -0.25) is 9.59 Å². The van der Waals surface area contributed by atoms with Crippen molar-refractivity contribution in [3.63, 3.8) is 0 Å². The van der Waals surface area contributed by atoms with E-state index in [2.05, 4.69) is 16.4 Å². The van der Waals surface area contributed by atoms with E-state index in [0.29, 0.717) is 18.7 Å². The number of hydrogen-bond donors (Lipinski definition) is 1. The van der Waals surface area contributed by atoms with Gasteiger partial charge in [0.25, 0.3) is 5.91 Å². The molecular formula is C24H27N3O2S2. The standard InChI is InChI=1S/C24H27N3O2S2/c1-2-13-25-22(28)18-11-14-27(15-12-18)23(29)19-9-7-17(8-10-19)16-30-24-26-20-5-3-4-6-21(20)31-24/h3-10,18H,2,11-16H2,1H3,(H,25,28). The zero-order valence-electron chi connectivity index (χ0n) is 17.7. The average Bonchev–Trinajstić information content (AvgIpc) is 3.24. The van der Waals surface area contributed by atoms with Crippen LogP contribution in [0.2, 0.25) is 0 Å². The van der Waals surface area contributed by atoms with Gasteiger partial charge in [0, 0.05) is 36.9 Å². The van der Waals surface area contributed by atoms with Crippen molar-refractivity contribution in [2.24, 2.45) is 5.92 Å². The minimum Gasteiger partial charge on any atom is -0.356 e. The Balaban J connectivity index is 1.28. The molecule has 4 rings (SSSR count). The number of benzene rings is 2. The smallest absolute Gasteiger partial charge is 0.253 e. The minimum absolute atomic E-state index is 0.0255. The average molecular weight is 454 g/mol. The first-order chi connectivity index (χ1) is 15.1. The van der Waals surface area contributed by atoms with Crippen LogP contribution in [0.1, 0.15) is 42.1 Å². The Kier molecular flexibility index (Phi) is 7.25. The van der Waals surface area contributed by atoms with Crippen LogP contribution in [-0.2, 0) is 10.5 Å². The van der Waals surface area contributed by atoms with Crippen LogP contribution in [0, 0.1) is 5.92 Å². The van der Waals surface area contributed by atoms with E-state index in [-0.39, 0.29) is 17.7 Å². The number of piperidine rings is 1. The fourth-order valence-corrected chi connectivity index (χ4v) is 5.75. The van der Waals surface area contributed by atoms with Crippen molar-refractivity contribution in [2.45, 2.75) is 36.3 Å². The third kappa shape index (κ3) is 5.46. The number of carbonyl (C=O) groups excluding carboxylic acids is 2. The van der Waals surface area contributed by atoms with E-state index in [9.17, 15) is 9.59 Å². The molecule has 0 radical (unpaired) electrons. The number of nitrogens with zero attached hydrogens (tertiary/aromatic N) is 2. The zero-order chi connectivity index (χ0) is 21.6. The van der Waals surface area contributed by atoms with Crippen molar-refractivity contribution in [3.05, 3.63) is 59.7 Å². The molecule has 1 N–H and O–H groups in total. The van der Waals surface area contributed by atoms with Crippen LogP contribution >= 0.6 is 23.1 Å². The summed E-state index contributed by atoms with van der Waals surface area (Å²) in [5, 5.41) is 2.97. The van der Waals surface area contributed by atoms with Gasteiger partial charge < -0.3 is 10.2 Å². The van der Waals surface area contributed by atoms with Crippen molar-refractivity contribution in [1.82, 2.24) is 15.2 Å². The first-order valence-corrected chi connectivity index (χ1v) is 12.6. The predicted octanol–water partition coefficient (Wildman–Crippen LogP) is 4.97. The van der Waals surface area contributed by atoms with Gasteiger partial charge in [-0.15, -0.1) is 11.3 Å². The molecule has 1 aromatic heterocycles. The number of para-hydroxylation sites is 1. The van der Waals surface area contributed by atoms with Gasteiger partial charge in [0.2, 0.25) is 5.91 Å². The number of fused-ring (bicyclic) bond motifs is 1. The van der Waals surface area contributed by atoms with Gasteiger partial charge in [-0.25, -0.2) is 4.98 Å². The summed E-state index contributed by atoms with van der Waals surface area (Å²) in [5.41, 5.74) is 2.93. The fraction of sp³-hybridized carbons (Fsp3) is 0.375. The van der Waals surface area contributed by atoms with Crippen LogP contribution in [0.5, 0.6) is 0 Å². The van der Waals surface area contributed by atoms with E-state index in [0.717, 1.165) is 41.4 Å². The molecule has 5 nitrogen and oxygen atoms in total. The molecule has 1 aliphatic heterocycles. The number of hydrogen-bond acceptors (Lipinski definition) is 5. The molecule has 7 heteroatoms. The molecule has 2 heterocycles. The molecule has 0 aliphatic carbocycles. The predicted molar refractivity (Wildman–Crippen MR) is 128 cm³/mol. The highest BCUT2D eigenvalue weighted by molar-refractivity contribution is 8.00. The van der Waals surface area contributed by atoms with Gasteiger partial charge in [-0.2, -0.15) is 0 Å². The van der Waals surface area contributed by atoms with E-state index in [1.54, 1.807) is 23.1 Å². The number of nitrogens with one attached hydrogen (secondary N) is 1. The number of amides is 2. The summed E-state index contributed by atoms with van der Waals surface area (Å²) in [4.78, 5) is 31.5. The Labute approximate surface area is 191 Å². The van der Waals surface area contributed by atoms with Crippen molar-refractivity contribution in [1.29, 1.82) is 0 Å². The third-order valence-electron chi connectivity index (χ3n) is 5.54. The summed E-state index contributed by atoms with van der Waals surface area (Å²) in [5.74, 6) is 1.03. The quantitative estimate of drug-likeness (QED) is 0.513. The highest BCUT2D eigenvalue weighted by Gasteiger charge is 2.27. The van der Waals surface area contributed by atoms with Crippen molar-refractivity contribution >= 4 is 45.1 Å². The van der Waals surface area contributed by atoms with Crippen molar-refractivity contribution < 1.29 is 9.59 Å². The molecule has 0 bridgehead atoms. The van der Waals surface area contributed by atoms with E-state index in [1.807, 2.05) is 54.3 Å². The molecule has 1 aliphatic rings. The van der Waals surface area contributed by atoms with E-state index < -0.39 is 0 Å². The Morgan fingerprint density at radius 3 is 2.58 bits per heavy atom. The normalized spacial score (nSPS) is 14.7. The van der Waals surface area contributed by atoms with Gasteiger partial charge in [0.1, 0.15) is 0 Å². The first-order valence-electron chi connectivity index (χ1n) is 10.8. The highest BCUT2D eigenvalue weighted by Crippen LogP contribution is 2.31.